The van der Waals surface area contributed by atoms with E-state index in [1.54, 1.807) is 12.1 Å². The van der Waals surface area contributed by atoms with Gasteiger partial charge in [0.05, 0.1) is 6.61 Å². The molecule has 0 aliphatic carbocycles. The third-order valence-electron chi connectivity index (χ3n) is 3.12. The number of rotatable bonds is 8. The molecule has 0 saturated heterocycles. The number of ether oxygens (including phenoxy) is 1. The number of nitrogens with one attached hydrogen (secondary N) is 1. The molecule has 2 aromatic rings. The molecular formula is C16H21N3O2S. The first-order valence-electron chi connectivity index (χ1n) is 7.59. The molecule has 0 spiro atoms. The Hall–Kier alpha value is -1.95. The van der Waals surface area contributed by atoms with E-state index >= 15 is 0 Å². The van der Waals surface area contributed by atoms with Crippen molar-refractivity contribution in [3.05, 3.63) is 34.8 Å². The molecular weight excluding hydrogens is 298 g/mol. The highest BCUT2D eigenvalue weighted by Gasteiger charge is 2.09. The Labute approximate surface area is 134 Å². The molecule has 1 N–H and O–H groups in total. The van der Waals surface area contributed by atoms with Crippen LogP contribution in [0.25, 0.3) is 0 Å². The summed E-state index contributed by atoms with van der Waals surface area (Å²) in [4.78, 5) is 12.1. The van der Waals surface area contributed by atoms with Crippen LogP contribution in [-0.4, -0.2) is 22.7 Å². The molecule has 0 bridgehead atoms. The second-order valence-electron chi connectivity index (χ2n) is 4.89. The lowest BCUT2D eigenvalue weighted by Gasteiger charge is -2.06. The number of aryl methyl sites for hydroxylation is 1. The Balaban J connectivity index is 1.87. The van der Waals surface area contributed by atoms with Crippen LogP contribution in [0.15, 0.2) is 24.3 Å². The highest BCUT2D eigenvalue weighted by Crippen LogP contribution is 2.18. The first-order chi connectivity index (χ1) is 10.7. The molecule has 1 amide bonds. The summed E-state index contributed by atoms with van der Waals surface area (Å²) >= 11 is 1.40. The minimum atomic E-state index is -0.184. The van der Waals surface area contributed by atoms with Gasteiger partial charge in [0.15, 0.2) is 0 Å². The van der Waals surface area contributed by atoms with Gasteiger partial charge in [-0.3, -0.25) is 10.1 Å². The molecule has 0 aliphatic rings. The van der Waals surface area contributed by atoms with Gasteiger partial charge in [-0.05, 0) is 37.1 Å². The van der Waals surface area contributed by atoms with Crippen LogP contribution in [0.2, 0.25) is 0 Å². The summed E-state index contributed by atoms with van der Waals surface area (Å²) in [6.07, 6.45) is 4.21. The molecule has 5 nitrogen and oxygen atoms in total. The fraction of sp³-hybridized carbons (Fsp3) is 0.438. The molecule has 0 atom stereocenters. The van der Waals surface area contributed by atoms with Crippen LogP contribution in [0.5, 0.6) is 5.75 Å². The van der Waals surface area contributed by atoms with Gasteiger partial charge in [-0.25, -0.2) is 0 Å². The molecule has 0 unspecified atom stereocenters. The van der Waals surface area contributed by atoms with Crippen LogP contribution in [0.1, 0.15) is 48.5 Å². The van der Waals surface area contributed by atoms with Crippen molar-refractivity contribution in [2.45, 2.75) is 39.5 Å². The van der Waals surface area contributed by atoms with Gasteiger partial charge >= 0.3 is 0 Å². The lowest BCUT2D eigenvalue weighted by molar-refractivity contribution is 0.102. The summed E-state index contributed by atoms with van der Waals surface area (Å²) < 4.78 is 5.63. The minimum Gasteiger partial charge on any atom is -0.494 e. The number of hydrogen-bond acceptors (Lipinski definition) is 5. The maximum absolute atomic E-state index is 12.1. The summed E-state index contributed by atoms with van der Waals surface area (Å²) in [6, 6.07) is 7.15. The minimum absolute atomic E-state index is 0.184. The molecule has 0 radical (unpaired) electrons. The molecule has 1 aromatic carbocycles. The highest BCUT2D eigenvalue weighted by atomic mass is 32.1. The Morgan fingerprint density at radius 3 is 2.59 bits per heavy atom. The molecule has 0 saturated carbocycles. The van der Waals surface area contributed by atoms with Crippen molar-refractivity contribution in [2.24, 2.45) is 0 Å². The number of aromatic nitrogens is 2. The first-order valence-corrected chi connectivity index (χ1v) is 8.41. The highest BCUT2D eigenvalue weighted by molar-refractivity contribution is 7.15. The van der Waals surface area contributed by atoms with Gasteiger partial charge in [-0.15, -0.1) is 10.2 Å². The lowest BCUT2D eigenvalue weighted by atomic mass is 10.2. The molecule has 2 rings (SSSR count). The maximum Gasteiger partial charge on any atom is 0.257 e. The van der Waals surface area contributed by atoms with E-state index in [9.17, 15) is 4.79 Å². The fourth-order valence-electron chi connectivity index (χ4n) is 1.86. The van der Waals surface area contributed by atoms with E-state index in [1.807, 2.05) is 19.1 Å². The second kappa shape index (κ2) is 8.48. The van der Waals surface area contributed by atoms with Gasteiger partial charge in [-0.2, -0.15) is 0 Å². The number of carbonyl (C=O) groups excluding carboxylic acids is 1. The normalized spacial score (nSPS) is 10.5. The van der Waals surface area contributed by atoms with Gasteiger partial charge in [0, 0.05) is 5.56 Å². The van der Waals surface area contributed by atoms with Crippen LogP contribution < -0.4 is 10.1 Å². The van der Waals surface area contributed by atoms with E-state index in [2.05, 4.69) is 22.4 Å². The van der Waals surface area contributed by atoms with Crippen molar-refractivity contribution in [3.63, 3.8) is 0 Å². The van der Waals surface area contributed by atoms with Crippen molar-refractivity contribution >= 4 is 22.4 Å². The second-order valence-corrected chi connectivity index (χ2v) is 5.95. The number of hydrogen-bond donors (Lipinski definition) is 1. The van der Waals surface area contributed by atoms with Crippen LogP contribution >= 0.6 is 11.3 Å². The Kier molecular flexibility index (Phi) is 6.33. The van der Waals surface area contributed by atoms with Gasteiger partial charge in [0.2, 0.25) is 5.13 Å². The molecule has 118 valence electrons. The summed E-state index contributed by atoms with van der Waals surface area (Å²) in [6.45, 7) is 4.88. The predicted molar refractivity (Wildman–Crippen MR) is 88.7 cm³/mol. The summed E-state index contributed by atoms with van der Waals surface area (Å²) in [7, 11) is 0. The van der Waals surface area contributed by atoms with Crippen molar-refractivity contribution < 1.29 is 9.53 Å². The number of anilines is 1. The monoisotopic (exact) mass is 319 g/mol. The van der Waals surface area contributed by atoms with Crippen LogP contribution in [0.3, 0.4) is 0 Å². The zero-order valence-corrected chi connectivity index (χ0v) is 13.8. The van der Waals surface area contributed by atoms with Crippen molar-refractivity contribution in [1.82, 2.24) is 10.2 Å². The summed E-state index contributed by atoms with van der Waals surface area (Å²) in [5.41, 5.74) is 0.578. The van der Waals surface area contributed by atoms with E-state index in [4.69, 9.17) is 4.74 Å². The van der Waals surface area contributed by atoms with Crippen molar-refractivity contribution in [1.29, 1.82) is 0 Å². The molecule has 0 aliphatic heterocycles. The Bertz CT molecular complexity index is 596. The van der Waals surface area contributed by atoms with Crippen molar-refractivity contribution in [2.75, 3.05) is 11.9 Å². The summed E-state index contributed by atoms with van der Waals surface area (Å²) in [5, 5.41) is 12.1. The van der Waals surface area contributed by atoms with E-state index in [-0.39, 0.29) is 5.91 Å². The zero-order chi connectivity index (χ0) is 15.8. The molecule has 22 heavy (non-hydrogen) atoms. The number of amides is 1. The standard InChI is InChI=1S/C16H21N3O2S/c1-3-5-6-11-21-13-9-7-12(8-10-13)15(20)17-16-19-18-14(4-2)22-16/h7-10H,3-6,11H2,1-2H3,(H,17,19,20). The predicted octanol–water partition coefficient (Wildman–Crippen LogP) is 3.92. The summed E-state index contributed by atoms with van der Waals surface area (Å²) in [5.74, 6) is 0.605. The number of benzene rings is 1. The SMILES string of the molecule is CCCCCOc1ccc(C(=O)Nc2nnc(CC)s2)cc1. The molecule has 0 fully saturated rings. The van der Waals surface area contributed by atoms with Crippen molar-refractivity contribution in [3.8, 4) is 5.75 Å². The smallest absolute Gasteiger partial charge is 0.257 e. The van der Waals surface area contributed by atoms with E-state index in [0.717, 1.165) is 23.6 Å². The Morgan fingerprint density at radius 2 is 1.95 bits per heavy atom. The zero-order valence-electron chi connectivity index (χ0n) is 13.0. The molecule has 1 aromatic heterocycles. The average molecular weight is 319 g/mol. The van der Waals surface area contributed by atoms with E-state index < -0.39 is 0 Å². The van der Waals surface area contributed by atoms with Crippen LogP contribution in [0.4, 0.5) is 5.13 Å². The van der Waals surface area contributed by atoms with Gasteiger partial charge in [-0.1, -0.05) is 38.0 Å². The van der Waals surface area contributed by atoms with E-state index in [0.29, 0.717) is 17.3 Å². The number of unbranched alkanes of at least 4 members (excludes halogenated alkanes) is 2. The average Bonchev–Trinajstić information content (AvgIpc) is 3.00. The molecule has 6 heteroatoms. The largest absolute Gasteiger partial charge is 0.494 e. The fourth-order valence-corrected chi connectivity index (χ4v) is 2.54. The topological polar surface area (TPSA) is 64.1 Å². The first kappa shape index (κ1) is 16.4. The number of carbonyl (C=O) groups is 1. The Morgan fingerprint density at radius 1 is 1.18 bits per heavy atom. The quantitative estimate of drug-likeness (QED) is 0.749. The molecule has 1 heterocycles. The van der Waals surface area contributed by atoms with Gasteiger partial charge < -0.3 is 4.74 Å². The van der Waals surface area contributed by atoms with Crippen LogP contribution in [-0.2, 0) is 6.42 Å². The third-order valence-corrected chi connectivity index (χ3v) is 4.11. The van der Waals surface area contributed by atoms with Crippen LogP contribution in [0, 0.1) is 0 Å². The van der Waals surface area contributed by atoms with Gasteiger partial charge in [0.25, 0.3) is 5.91 Å². The number of nitrogens with zero attached hydrogens (tertiary/aromatic N) is 2. The lowest BCUT2D eigenvalue weighted by Crippen LogP contribution is -2.11. The van der Waals surface area contributed by atoms with E-state index in [1.165, 1.54) is 24.2 Å². The van der Waals surface area contributed by atoms with Gasteiger partial charge in [0.1, 0.15) is 10.8 Å². The maximum atomic E-state index is 12.1. The third kappa shape index (κ3) is 4.80.